The maximum absolute atomic E-state index is 3.70. The van der Waals surface area contributed by atoms with E-state index in [1.807, 2.05) is 0 Å². The Hall–Kier alpha value is 0.177. The van der Waals surface area contributed by atoms with Crippen molar-refractivity contribution in [3.8, 4) is 0 Å². The first kappa shape index (κ1) is 11.2. The Morgan fingerprint density at radius 1 is 1.09 bits per heavy atom. The van der Waals surface area contributed by atoms with Gasteiger partial charge in [-0.25, -0.2) is 0 Å². The Bertz CT molecular complexity index is 122. The van der Waals surface area contributed by atoms with Gasteiger partial charge in [-0.15, -0.1) is 0 Å². The molecule has 0 saturated carbocycles. The topological polar surface area (TPSA) is 12.0 Å². The molecule has 0 aromatic heterocycles. The molecule has 0 fully saturated rings. The van der Waals surface area contributed by atoms with E-state index in [0.29, 0.717) is 11.1 Å². The van der Waals surface area contributed by atoms with Gasteiger partial charge in [0.25, 0.3) is 0 Å². The first-order valence-corrected chi connectivity index (χ1v) is 7.44. The zero-order valence-corrected chi connectivity index (χ0v) is 10.1. The van der Waals surface area contributed by atoms with Crippen LogP contribution in [0.25, 0.3) is 0 Å². The molecular formula is C9H23NSi. The summed E-state index contributed by atoms with van der Waals surface area (Å²) in [5.74, 6) is 0. The Morgan fingerprint density at radius 3 is 1.55 bits per heavy atom. The molecule has 0 saturated heterocycles. The van der Waals surface area contributed by atoms with Crippen LogP contribution < -0.4 is 4.98 Å². The van der Waals surface area contributed by atoms with Crippen LogP contribution in [0.4, 0.5) is 0 Å². The summed E-state index contributed by atoms with van der Waals surface area (Å²) in [6.07, 6.45) is 0. The van der Waals surface area contributed by atoms with E-state index >= 15 is 0 Å². The van der Waals surface area contributed by atoms with Gasteiger partial charge in [0.15, 0.2) is 0 Å². The third-order valence-electron chi connectivity index (χ3n) is 2.52. The highest BCUT2D eigenvalue weighted by Crippen LogP contribution is 2.33. The summed E-state index contributed by atoms with van der Waals surface area (Å²) < 4.78 is 0. The molecule has 0 rings (SSSR count). The molecular weight excluding hydrogens is 150 g/mol. The second kappa shape index (κ2) is 3.28. The lowest BCUT2D eigenvalue weighted by Crippen LogP contribution is -2.54. The lowest BCUT2D eigenvalue weighted by Gasteiger charge is -2.39. The van der Waals surface area contributed by atoms with Crippen LogP contribution in [0, 0.1) is 0 Å². The molecule has 0 aliphatic rings. The van der Waals surface area contributed by atoms with Gasteiger partial charge >= 0.3 is 0 Å². The summed E-state index contributed by atoms with van der Waals surface area (Å²) in [4.78, 5) is 3.70. The predicted molar refractivity (Wildman–Crippen MR) is 55.5 cm³/mol. The van der Waals surface area contributed by atoms with Gasteiger partial charge in [-0.1, -0.05) is 47.7 Å². The van der Waals surface area contributed by atoms with Crippen LogP contribution >= 0.6 is 0 Å². The van der Waals surface area contributed by atoms with Gasteiger partial charge in [0.2, 0.25) is 0 Å². The van der Waals surface area contributed by atoms with Crippen LogP contribution in [-0.4, -0.2) is 14.3 Å². The molecule has 0 aliphatic carbocycles. The van der Waals surface area contributed by atoms with Crippen molar-refractivity contribution in [2.75, 3.05) is 0 Å². The second-order valence-electron chi connectivity index (χ2n) is 5.17. The van der Waals surface area contributed by atoms with E-state index in [1.54, 1.807) is 0 Å². The van der Waals surface area contributed by atoms with Crippen LogP contribution in [0.3, 0.4) is 0 Å². The van der Waals surface area contributed by atoms with E-state index in [0.717, 1.165) is 0 Å². The van der Waals surface area contributed by atoms with Crippen molar-refractivity contribution in [3.05, 3.63) is 0 Å². The molecule has 0 amide bonds. The zero-order chi connectivity index (χ0) is 9.28. The first-order valence-electron chi connectivity index (χ1n) is 4.44. The molecule has 0 aliphatic heterocycles. The van der Waals surface area contributed by atoms with Crippen molar-refractivity contribution in [1.82, 2.24) is 4.98 Å². The third-order valence-corrected chi connectivity index (χ3v) is 7.57. The molecule has 0 atom stereocenters. The third kappa shape index (κ3) is 3.39. The summed E-state index contributed by atoms with van der Waals surface area (Å²) in [6.45, 7) is 16.2. The minimum atomic E-state index is -1.22. The van der Waals surface area contributed by atoms with Gasteiger partial charge in [-0.05, 0) is 11.1 Å². The van der Waals surface area contributed by atoms with E-state index in [9.17, 15) is 0 Å². The van der Waals surface area contributed by atoms with Crippen molar-refractivity contribution < 1.29 is 0 Å². The molecule has 0 unspecified atom stereocenters. The molecule has 2 heteroatoms. The van der Waals surface area contributed by atoms with Gasteiger partial charge in [0, 0.05) is 0 Å². The van der Waals surface area contributed by atoms with Crippen molar-refractivity contribution in [2.45, 2.75) is 58.8 Å². The second-order valence-corrected chi connectivity index (χ2v) is 10.2. The maximum atomic E-state index is 3.70. The fourth-order valence-corrected chi connectivity index (χ4v) is 2.81. The summed E-state index contributed by atoms with van der Waals surface area (Å²) in [6, 6.07) is 0.621. The summed E-state index contributed by atoms with van der Waals surface area (Å²) >= 11 is 0. The smallest absolute Gasteiger partial charge is 0.125 e. The van der Waals surface area contributed by atoms with Crippen molar-refractivity contribution in [2.24, 2.45) is 0 Å². The fraction of sp³-hybridized carbons (Fsp3) is 1.00. The molecule has 0 spiro atoms. The zero-order valence-electron chi connectivity index (χ0n) is 9.08. The predicted octanol–water partition coefficient (Wildman–Crippen LogP) is 2.99. The maximum Gasteiger partial charge on any atom is 0.125 e. The number of rotatable bonds is 2. The SMILES string of the molecule is CC(C)N[Si](C)(C)C(C)(C)C. The first-order chi connectivity index (χ1) is 4.67. The van der Waals surface area contributed by atoms with Crippen LogP contribution in [-0.2, 0) is 0 Å². The summed E-state index contributed by atoms with van der Waals surface area (Å²) in [5.41, 5.74) is 0. The molecule has 0 bridgehead atoms. The van der Waals surface area contributed by atoms with Gasteiger partial charge in [0.05, 0.1) is 0 Å². The molecule has 1 nitrogen and oxygen atoms in total. The standard InChI is InChI=1S/C9H23NSi/c1-8(2)10-11(6,7)9(3,4)5/h8,10H,1-7H3. The van der Waals surface area contributed by atoms with Crippen molar-refractivity contribution in [3.63, 3.8) is 0 Å². The Kier molecular flexibility index (Phi) is 3.33. The normalized spacial score (nSPS) is 14.2. The average Bonchev–Trinajstić information content (AvgIpc) is 1.56. The molecule has 0 heterocycles. The Labute approximate surface area is 72.7 Å². The number of hydrogen-bond donors (Lipinski definition) is 1. The largest absolute Gasteiger partial charge is 0.335 e. The number of nitrogens with one attached hydrogen (secondary N) is 1. The van der Waals surface area contributed by atoms with Crippen LogP contribution in [0.2, 0.25) is 18.1 Å². The van der Waals surface area contributed by atoms with Gasteiger partial charge < -0.3 is 4.98 Å². The molecule has 0 radical (unpaired) electrons. The average molecular weight is 173 g/mol. The van der Waals surface area contributed by atoms with Gasteiger partial charge in [-0.2, -0.15) is 0 Å². The Balaban J connectivity index is 4.22. The van der Waals surface area contributed by atoms with Gasteiger partial charge in [-0.3, -0.25) is 0 Å². The highest BCUT2D eigenvalue weighted by molar-refractivity contribution is 6.77. The minimum absolute atomic E-state index is 0.456. The molecule has 11 heavy (non-hydrogen) atoms. The summed E-state index contributed by atoms with van der Waals surface area (Å²) in [5, 5.41) is 0.456. The van der Waals surface area contributed by atoms with E-state index in [1.165, 1.54) is 0 Å². The van der Waals surface area contributed by atoms with Crippen molar-refractivity contribution in [1.29, 1.82) is 0 Å². The molecule has 0 aromatic rings. The highest BCUT2D eigenvalue weighted by atomic mass is 28.3. The Morgan fingerprint density at radius 2 is 1.45 bits per heavy atom. The minimum Gasteiger partial charge on any atom is -0.335 e. The lowest BCUT2D eigenvalue weighted by molar-refractivity contribution is 0.644. The number of hydrogen-bond acceptors (Lipinski definition) is 1. The molecule has 0 aromatic carbocycles. The van der Waals surface area contributed by atoms with Crippen LogP contribution in [0.1, 0.15) is 34.6 Å². The van der Waals surface area contributed by atoms with Crippen LogP contribution in [0.15, 0.2) is 0 Å². The van der Waals surface area contributed by atoms with E-state index in [-0.39, 0.29) is 0 Å². The molecule has 68 valence electrons. The fourth-order valence-electron chi connectivity index (χ4n) is 0.938. The van der Waals surface area contributed by atoms with E-state index in [4.69, 9.17) is 0 Å². The van der Waals surface area contributed by atoms with Gasteiger partial charge in [0.1, 0.15) is 8.24 Å². The quantitative estimate of drug-likeness (QED) is 0.633. The van der Waals surface area contributed by atoms with E-state index in [2.05, 4.69) is 52.7 Å². The lowest BCUT2D eigenvalue weighted by atomic mass is 10.2. The summed E-state index contributed by atoms with van der Waals surface area (Å²) in [7, 11) is -1.22. The van der Waals surface area contributed by atoms with E-state index < -0.39 is 8.24 Å². The van der Waals surface area contributed by atoms with Crippen LogP contribution in [0.5, 0.6) is 0 Å². The van der Waals surface area contributed by atoms with Crippen molar-refractivity contribution >= 4 is 8.24 Å². The monoisotopic (exact) mass is 173 g/mol. The molecule has 1 N–H and O–H groups in total. The highest BCUT2D eigenvalue weighted by Gasteiger charge is 2.35.